The molecule has 0 aliphatic carbocycles. The van der Waals surface area contributed by atoms with Crippen LogP contribution in [0.1, 0.15) is 30.4 Å². The Morgan fingerprint density at radius 2 is 2.08 bits per heavy atom. The number of carboxylic acid groups (broad SMARTS) is 1. The molecule has 1 aliphatic heterocycles. The van der Waals surface area contributed by atoms with Crippen LogP contribution in [0.25, 0.3) is 22.7 Å². The number of ether oxygens (including phenoxy) is 2. The van der Waals surface area contributed by atoms with Crippen molar-refractivity contribution in [2.45, 2.75) is 38.8 Å². The van der Waals surface area contributed by atoms with Crippen LogP contribution in [-0.2, 0) is 16.0 Å². The van der Waals surface area contributed by atoms with Crippen LogP contribution < -0.4 is 4.74 Å². The molecule has 4 aromatic rings. The molecule has 3 heterocycles. The van der Waals surface area contributed by atoms with Gasteiger partial charge in [-0.3, -0.25) is 4.79 Å². The Bertz CT molecular complexity index is 1470. The van der Waals surface area contributed by atoms with E-state index in [1.54, 1.807) is 24.3 Å². The molecule has 0 saturated carbocycles. The lowest BCUT2D eigenvalue weighted by molar-refractivity contribution is -0.138. The number of fused-ring (bicyclic) bond motifs is 1. The molecule has 1 amide bonds. The number of carbonyl (C=O) groups excluding carboxylic acids is 1. The molecule has 1 saturated heterocycles. The van der Waals surface area contributed by atoms with E-state index >= 15 is 0 Å². The van der Waals surface area contributed by atoms with Crippen molar-refractivity contribution in [2.24, 2.45) is 0 Å². The molecule has 1 aliphatic rings. The number of hydrogen-bond acceptors (Lipinski definition) is 8. The number of likely N-dealkylation sites (tertiary alicyclic amines) is 1. The quantitative estimate of drug-likeness (QED) is 0.308. The van der Waals surface area contributed by atoms with Crippen molar-refractivity contribution in [1.82, 2.24) is 19.9 Å². The fourth-order valence-corrected chi connectivity index (χ4v) is 4.46. The third kappa shape index (κ3) is 5.64. The largest absolute Gasteiger partial charge is 0.507 e. The summed E-state index contributed by atoms with van der Waals surface area (Å²) in [6.07, 6.45) is 1.48. The summed E-state index contributed by atoms with van der Waals surface area (Å²) in [7, 11) is 0. The topological polar surface area (TPSA) is 128 Å². The van der Waals surface area contributed by atoms with Crippen molar-refractivity contribution in [3.63, 3.8) is 0 Å². The zero-order valence-corrected chi connectivity index (χ0v) is 20.6. The fourth-order valence-electron chi connectivity index (χ4n) is 4.28. The van der Waals surface area contributed by atoms with Crippen LogP contribution in [-0.4, -0.2) is 49.8 Å². The molecule has 0 unspecified atom stereocenters. The minimum Gasteiger partial charge on any atom is -0.450 e. The standard InChI is InChI=1S/C26H23ClN4O6/c1-15-12-17(8-7-16(15)9-10-21(32)31-11-3-6-22(31)36-26(33)34)23-29-20-14-28-25(30-24(20)37-23)35-19-5-2-4-18(27)13-19/h2,4-5,7-8,12-14,22H,3,6,9-11H2,1H3,(H,33,34)/t22-/m0/s1. The van der Waals surface area contributed by atoms with Gasteiger partial charge in [0.2, 0.25) is 11.8 Å². The SMILES string of the molecule is Cc1cc(-c2nc3cnc(Oc4cccc(Cl)c4)nc3o2)ccc1CCC(=O)N1CCC[C@@H]1OC(=O)O. The highest BCUT2D eigenvalue weighted by Gasteiger charge is 2.31. The summed E-state index contributed by atoms with van der Waals surface area (Å²) in [5.74, 6) is 0.771. The lowest BCUT2D eigenvalue weighted by Crippen LogP contribution is -2.38. The highest BCUT2D eigenvalue weighted by atomic mass is 35.5. The van der Waals surface area contributed by atoms with Crippen LogP contribution in [0.3, 0.4) is 0 Å². The van der Waals surface area contributed by atoms with Crippen molar-refractivity contribution >= 4 is 34.9 Å². The summed E-state index contributed by atoms with van der Waals surface area (Å²) >= 11 is 6.00. The summed E-state index contributed by atoms with van der Waals surface area (Å²) < 4.78 is 16.4. The van der Waals surface area contributed by atoms with E-state index in [9.17, 15) is 9.59 Å². The van der Waals surface area contributed by atoms with E-state index in [-0.39, 0.29) is 24.1 Å². The van der Waals surface area contributed by atoms with Crippen LogP contribution in [0.4, 0.5) is 4.79 Å². The number of aryl methyl sites for hydroxylation is 2. The normalized spacial score (nSPS) is 15.2. The van der Waals surface area contributed by atoms with Gasteiger partial charge in [-0.25, -0.2) is 14.8 Å². The molecule has 1 fully saturated rings. The minimum absolute atomic E-state index is 0.114. The highest BCUT2D eigenvalue weighted by Crippen LogP contribution is 2.28. The van der Waals surface area contributed by atoms with Crippen molar-refractivity contribution in [3.05, 3.63) is 64.8 Å². The third-order valence-corrected chi connectivity index (χ3v) is 6.32. The van der Waals surface area contributed by atoms with Gasteiger partial charge in [0.05, 0.1) is 6.20 Å². The Labute approximate surface area is 216 Å². The number of carbonyl (C=O) groups is 2. The average Bonchev–Trinajstić information content (AvgIpc) is 3.49. The van der Waals surface area contributed by atoms with Crippen LogP contribution >= 0.6 is 11.6 Å². The lowest BCUT2D eigenvalue weighted by atomic mass is 10.0. The Hall–Kier alpha value is -4.18. The van der Waals surface area contributed by atoms with E-state index in [0.29, 0.717) is 41.6 Å². The zero-order valence-electron chi connectivity index (χ0n) is 19.9. The molecule has 0 bridgehead atoms. The average molecular weight is 523 g/mol. The summed E-state index contributed by atoms with van der Waals surface area (Å²) in [4.78, 5) is 38.0. The number of amides is 1. The Kier molecular flexibility index (Phi) is 6.91. The predicted molar refractivity (Wildman–Crippen MR) is 133 cm³/mol. The van der Waals surface area contributed by atoms with E-state index in [1.165, 1.54) is 11.1 Å². The van der Waals surface area contributed by atoms with E-state index < -0.39 is 12.4 Å². The van der Waals surface area contributed by atoms with Crippen molar-refractivity contribution in [2.75, 3.05) is 6.54 Å². The van der Waals surface area contributed by atoms with Crippen molar-refractivity contribution in [3.8, 4) is 23.2 Å². The van der Waals surface area contributed by atoms with Crippen LogP contribution in [0.15, 0.2) is 53.1 Å². The maximum Gasteiger partial charge on any atom is 0.507 e. The molecule has 11 heteroatoms. The Balaban J connectivity index is 1.26. The first-order valence-corrected chi connectivity index (χ1v) is 12.1. The number of rotatable bonds is 7. The molecule has 10 nitrogen and oxygen atoms in total. The summed E-state index contributed by atoms with van der Waals surface area (Å²) in [5, 5.41) is 9.41. The molecule has 5 rings (SSSR count). The molecule has 2 aromatic heterocycles. The molecule has 0 radical (unpaired) electrons. The van der Waals surface area contributed by atoms with Crippen LogP contribution in [0.2, 0.25) is 5.02 Å². The van der Waals surface area contributed by atoms with Gasteiger partial charge >= 0.3 is 12.2 Å². The maximum atomic E-state index is 12.7. The number of benzene rings is 2. The molecule has 1 N–H and O–H groups in total. The third-order valence-electron chi connectivity index (χ3n) is 6.09. The zero-order chi connectivity index (χ0) is 25.9. The highest BCUT2D eigenvalue weighted by molar-refractivity contribution is 6.30. The van der Waals surface area contributed by atoms with Gasteiger partial charge in [0, 0.05) is 30.0 Å². The molecular formula is C26H23ClN4O6. The van der Waals surface area contributed by atoms with Gasteiger partial charge in [-0.15, -0.1) is 0 Å². The number of nitrogens with zero attached hydrogens (tertiary/aromatic N) is 4. The maximum absolute atomic E-state index is 12.7. The molecule has 0 spiro atoms. The Morgan fingerprint density at radius 1 is 1.22 bits per heavy atom. The second-order valence-electron chi connectivity index (χ2n) is 8.63. The van der Waals surface area contributed by atoms with Gasteiger partial charge < -0.3 is 23.9 Å². The summed E-state index contributed by atoms with van der Waals surface area (Å²) in [5.41, 5.74) is 3.52. The van der Waals surface area contributed by atoms with E-state index in [1.807, 2.05) is 25.1 Å². The molecule has 37 heavy (non-hydrogen) atoms. The van der Waals surface area contributed by atoms with E-state index in [4.69, 9.17) is 30.6 Å². The van der Waals surface area contributed by atoms with Gasteiger partial charge in [-0.1, -0.05) is 23.7 Å². The number of oxazole rings is 1. The number of hydrogen-bond donors (Lipinski definition) is 1. The van der Waals surface area contributed by atoms with Gasteiger partial charge in [-0.2, -0.15) is 4.98 Å². The Morgan fingerprint density at radius 3 is 2.86 bits per heavy atom. The summed E-state index contributed by atoms with van der Waals surface area (Å²) in [6.45, 7) is 2.45. The number of halogens is 1. The summed E-state index contributed by atoms with van der Waals surface area (Å²) in [6, 6.07) is 12.8. The lowest BCUT2D eigenvalue weighted by Gasteiger charge is -2.23. The molecule has 190 valence electrons. The van der Waals surface area contributed by atoms with Crippen LogP contribution in [0, 0.1) is 6.92 Å². The first kappa shape index (κ1) is 24.5. The first-order chi connectivity index (χ1) is 17.9. The van der Waals surface area contributed by atoms with Gasteiger partial charge in [0.15, 0.2) is 6.23 Å². The van der Waals surface area contributed by atoms with E-state index in [0.717, 1.165) is 23.1 Å². The van der Waals surface area contributed by atoms with Crippen LogP contribution in [0.5, 0.6) is 11.8 Å². The first-order valence-electron chi connectivity index (χ1n) is 11.7. The van der Waals surface area contributed by atoms with Gasteiger partial charge in [0.25, 0.3) is 5.71 Å². The molecular weight excluding hydrogens is 500 g/mol. The van der Waals surface area contributed by atoms with Crippen molar-refractivity contribution < 1.29 is 28.6 Å². The molecule has 1 atom stereocenters. The van der Waals surface area contributed by atoms with Gasteiger partial charge in [0.1, 0.15) is 11.3 Å². The minimum atomic E-state index is -1.37. The molecule has 2 aromatic carbocycles. The van der Waals surface area contributed by atoms with E-state index in [2.05, 4.69) is 15.0 Å². The number of aromatic nitrogens is 3. The smallest absolute Gasteiger partial charge is 0.450 e. The van der Waals surface area contributed by atoms with Crippen molar-refractivity contribution in [1.29, 1.82) is 0 Å². The monoisotopic (exact) mass is 522 g/mol. The predicted octanol–water partition coefficient (Wildman–Crippen LogP) is 5.61. The van der Waals surface area contributed by atoms with Gasteiger partial charge in [-0.05, 0) is 61.2 Å². The fraction of sp³-hybridized carbons (Fsp3) is 0.269. The second kappa shape index (κ2) is 10.4. The second-order valence-corrected chi connectivity index (χ2v) is 9.07.